The molecule has 21 heavy (non-hydrogen) atoms. The van der Waals surface area contributed by atoms with Gasteiger partial charge in [0.15, 0.2) is 0 Å². The van der Waals surface area contributed by atoms with Gasteiger partial charge in [-0.25, -0.2) is 4.68 Å². The monoisotopic (exact) mass is 285 g/mol. The lowest BCUT2D eigenvalue weighted by Crippen LogP contribution is -2.27. The summed E-state index contributed by atoms with van der Waals surface area (Å²) in [5.74, 6) is 0.851. The van der Waals surface area contributed by atoms with Crippen LogP contribution >= 0.6 is 0 Å². The molecule has 1 aliphatic rings. The lowest BCUT2D eigenvalue weighted by molar-refractivity contribution is 0.331. The number of rotatable bonds is 5. The second-order valence-electron chi connectivity index (χ2n) is 5.98. The van der Waals surface area contributed by atoms with E-state index in [0.29, 0.717) is 6.04 Å². The third-order valence-corrected chi connectivity index (χ3v) is 4.42. The zero-order valence-corrected chi connectivity index (χ0v) is 12.6. The number of nitrogens with zero attached hydrogens (tertiary/aromatic N) is 4. The molecule has 0 spiro atoms. The fourth-order valence-corrected chi connectivity index (χ4v) is 3.07. The highest BCUT2D eigenvalue weighted by atomic mass is 15.5. The molecular formula is C16H23N5. The summed E-state index contributed by atoms with van der Waals surface area (Å²) in [6.07, 6.45) is 8.60. The standard InChI is InChI=1S/C16H23N5/c1-13(17-11-14-6-3-2-4-7-14)15-8-5-9-16(10-15)21-12-18-19-20-21/h5,8-10,12-14,17H,2-4,6-7,11H2,1H3. The van der Waals surface area contributed by atoms with Crippen LogP contribution in [0, 0.1) is 5.92 Å². The van der Waals surface area contributed by atoms with Gasteiger partial charge in [-0.1, -0.05) is 31.4 Å². The average molecular weight is 285 g/mol. The van der Waals surface area contributed by atoms with E-state index in [9.17, 15) is 0 Å². The van der Waals surface area contributed by atoms with Crippen LogP contribution in [0.25, 0.3) is 5.69 Å². The first-order chi connectivity index (χ1) is 10.3. The van der Waals surface area contributed by atoms with Crippen molar-refractivity contribution in [3.05, 3.63) is 36.2 Å². The smallest absolute Gasteiger partial charge is 0.143 e. The Kier molecular flexibility index (Phi) is 4.60. The Morgan fingerprint density at radius 2 is 2.14 bits per heavy atom. The van der Waals surface area contributed by atoms with Crippen LogP contribution in [-0.4, -0.2) is 26.8 Å². The summed E-state index contributed by atoms with van der Waals surface area (Å²) in [5, 5.41) is 15.0. The SMILES string of the molecule is CC(NCC1CCCCC1)c1cccc(-n2cnnn2)c1. The molecule has 0 amide bonds. The van der Waals surface area contributed by atoms with Crippen molar-refractivity contribution >= 4 is 0 Å². The predicted octanol–water partition coefficient (Wildman–Crippen LogP) is 2.89. The zero-order chi connectivity index (χ0) is 14.5. The van der Waals surface area contributed by atoms with Crippen molar-refractivity contribution in [3.63, 3.8) is 0 Å². The van der Waals surface area contributed by atoms with E-state index in [-0.39, 0.29) is 0 Å². The molecule has 1 aromatic heterocycles. The molecular weight excluding hydrogens is 262 g/mol. The number of nitrogens with one attached hydrogen (secondary N) is 1. The summed E-state index contributed by atoms with van der Waals surface area (Å²) in [7, 11) is 0. The van der Waals surface area contributed by atoms with Gasteiger partial charge in [0.1, 0.15) is 6.33 Å². The Morgan fingerprint density at radius 1 is 1.29 bits per heavy atom. The van der Waals surface area contributed by atoms with Gasteiger partial charge >= 0.3 is 0 Å². The van der Waals surface area contributed by atoms with Gasteiger partial charge in [-0.15, -0.1) is 5.10 Å². The van der Waals surface area contributed by atoms with E-state index < -0.39 is 0 Å². The first kappa shape index (κ1) is 14.2. The molecule has 5 nitrogen and oxygen atoms in total. The molecule has 112 valence electrons. The second-order valence-corrected chi connectivity index (χ2v) is 5.98. The Hall–Kier alpha value is -1.75. The summed E-state index contributed by atoms with van der Waals surface area (Å²) in [5.41, 5.74) is 2.28. The van der Waals surface area contributed by atoms with Crippen LogP contribution in [0.2, 0.25) is 0 Å². The van der Waals surface area contributed by atoms with Crippen LogP contribution in [0.4, 0.5) is 0 Å². The maximum absolute atomic E-state index is 3.94. The van der Waals surface area contributed by atoms with E-state index in [2.05, 4.69) is 46.0 Å². The highest BCUT2D eigenvalue weighted by Gasteiger charge is 2.14. The molecule has 5 heteroatoms. The summed E-state index contributed by atoms with van der Waals surface area (Å²) >= 11 is 0. The molecule has 0 bridgehead atoms. The molecule has 0 aliphatic heterocycles. The first-order valence-corrected chi connectivity index (χ1v) is 7.89. The third kappa shape index (κ3) is 3.67. The maximum Gasteiger partial charge on any atom is 0.143 e. The molecule has 0 saturated heterocycles. The lowest BCUT2D eigenvalue weighted by Gasteiger charge is -2.24. The van der Waals surface area contributed by atoms with Crippen LogP contribution in [0.1, 0.15) is 50.6 Å². The van der Waals surface area contributed by atoms with Gasteiger partial charge < -0.3 is 5.32 Å². The van der Waals surface area contributed by atoms with Crippen molar-refractivity contribution in [1.82, 2.24) is 25.5 Å². The first-order valence-electron chi connectivity index (χ1n) is 7.89. The van der Waals surface area contributed by atoms with Gasteiger partial charge in [-0.2, -0.15) is 0 Å². The van der Waals surface area contributed by atoms with Gasteiger partial charge in [-0.05, 0) is 60.4 Å². The molecule has 0 radical (unpaired) electrons. The summed E-state index contributed by atoms with van der Waals surface area (Å²) < 4.78 is 1.69. The van der Waals surface area contributed by atoms with Crippen LogP contribution < -0.4 is 5.32 Å². The Labute approximate surface area is 125 Å². The molecule has 1 aromatic carbocycles. The summed E-state index contributed by atoms with van der Waals surface area (Å²) in [6.45, 7) is 3.35. The number of hydrogen-bond acceptors (Lipinski definition) is 4. The van der Waals surface area contributed by atoms with Gasteiger partial charge in [-0.3, -0.25) is 0 Å². The van der Waals surface area contributed by atoms with Crippen LogP contribution in [-0.2, 0) is 0 Å². The fraction of sp³-hybridized carbons (Fsp3) is 0.562. The highest BCUT2D eigenvalue weighted by Crippen LogP contribution is 2.24. The van der Waals surface area contributed by atoms with Gasteiger partial charge in [0.05, 0.1) is 5.69 Å². The number of benzene rings is 1. The van der Waals surface area contributed by atoms with Crippen molar-refractivity contribution in [2.45, 2.75) is 45.1 Å². The Balaban J connectivity index is 1.61. The van der Waals surface area contributed by atoms with Crippen LogP contribution in [0.5, 0.6) is 0 Å². The van der Waals surface area contributed by atoms with E-state index in [0.717, 1.165) is 18.2 Å². The molecule has 1 saturated carbocycles. The Bertz CT molecular complexity index is 546. The van der Waals surface area contributed by atoms with Crippen molar-refractivity contribution in [1.29, 1.82) is 0 Å². The predicted molar refractivity (Wildman–Crippen MR) is 82.1 cm³/mol. The molecule has 3 rings (SSSR count). The minimum absolute atomic E-state index is 0.350. The van der Waals surface area contributed by atoms with Gasteiger partial charge in [0.25, 0.3) is 0 Å². The van der Waals surface area contributed by atoms with Gasteiger partial charge in [0, 0.05) is 6.04 Å². The van der Waals surface area contributed by atoms with Crippen molar-refractivity contribution in [2.24, 2.45) is 5.92 Å². The Morgan fingerprint density at radius 3 is 2.90 bits per heavy atom. The van der Waals surface area contributed by atoms with Crippen LogP contribution in [0.3, 0.4) is 0 Å². The van der Waals surface area contributed by atoms with Crippen molar-refractivity contribution < 1.29 is 0 Å². The zero-order valence-electron chi connectivity index (χ0n) is 12.6. The minimum atomic E-state index is 0.350. The van der Waals surface area contributed by atoms with E-state index in [1.807, 2.05) is 6.07 Å². The van der Waals surface area contributed by atoms with E-state index in [4.69, 9.17) is 0 Å². The number of tetrazole rings is 1. The fourth-order valence-electron chi connectivity index (χ4n) is 3.07. The van der Waals surface area contributed by atoms with Crippen molar-refractivity contribution in [2.75, 3.05) is 6.54 Å². The topological polar surface area (TPSA) is 55.6 Å². The highest BCUT2D eigenvalue weighted by molar-refractivity contribution is 5.35. The third-order valence-electron chi connectivity index (χ3n) is 4.42. The molecule has 2 aromatic rings. The van der Waals surface area contributed by atoms with Gasteiger partial charge in [0.2, 0.25) is 0 Å². The van der Waals surface area contributed by atoms with Crippen LogP contribution in [0.15, 0.2) is 30.6 Å². The molecule has 1 N–H and O–H groups in total. The molecule has 1 aliphatic carbocycles. The maximum atomic E-state index is 3.94. The second kappa shape index (κ2) is 6.80. The van der Waals surface area contributed by atoms with Crippen molar-refractivity contribution in [3.8, 4) is 5.69 Å². The summed E-state index contributed by atoms with van der Waals surface area (Å²) in [4.78, 5) is 0. The average Bonchev–Trinajstić information content (AvgIpc) is 3.08. The normalized spacial score (nSPS) is 17.8. The minimum Gasteiger partial charge on any atom is -0.310 e. The molecule has 1 heterocycles. The number of aromatic nitrogens is 4. The molecule has 1 fully saturated rings. The van der Waals surface area contributed by atoms with E-state index >= 15 is 0 Å². The molecule has 1 unspecified atom stereocenters. The molecule has 1 atom stereocenters. The van der Waals surface area contributed by atoms with E-state index in [1.54, 1.807) is 11.0 Å². The number of hydrogen-bond donors (Lipinski definition) is 1. The largest absolute Gasteiger partial charge is 0.310 e. The quantitative estimate of drug-likeness (QED) is 0.917. The lowest BCUT2D eigenvalue weighted by atomic mass is 9.89. The van der Waals surface area contributed by atoms with E-state index in [1.165, 1.54) is 37.7 Å². The summed E-state index contributed by atoms with van der Waals surface area (Å²) in [6, 6.07) is 8.74.